The molecule has 0 radical (unpaired) electrons. The number of carbonyl (C=O) groups is 2. The lowest BCUT2D eigenvalue weighted by molar-refractivity contribution is 0.0951. The van der Waals surface area contributed by atoms with Crippen LogP contribution in [0.3, 0.4) is 0 Å². The van der Waals surface area contributed by atoms with Crippen LogP contribution in [-0.4, -0.2) is 28.0 Å². The molecule has 1 fully saturated rings. The number of Topliss-reactive ketones (excluding diaryl/α,β-unsaturated/α-hetero) is 1. The fraction of sp³-hybridized carbons (Fsp3) is 0.227. The predicted molar refractivity (Wildman–Crippen MR) is 108 cm³/mol. The lowest BCUT2D eigenvalue weighted by Gasteiger charge is -2.13. The van der Waals surface area contributed by atoms with Crippen molar-refractivity contribution in [2.75, 3.05) is 0 Å². The number of hydrogen-bond acceptors (Lipinski definition) is 4. The van der Waals surface area contributed by atoms with E-state index in [0.717, 1.165) is 23.7 Å². The van der Waals surface area contributed by atoms with Gasteiger partial charge in [0.2, 0.25) is 0 Å². The van der Waals surface area contributed by atoms with Crippen molar-refractivity contribution in [2.45, 2.75) is 36.1 Å². The molecule has 0 aliphatic heterocycles. The van der Waals surface area contributed by atoms with Gasteiger partial charge < -0.3 is 5.32 Å². The molecule has 4 rings (SSSR count). The van der Waals surface area contributed by atoms with Crippen molar-refractivity contribution >= 4 is 34.4 Å². The highest BCUT2D eigenvalue weighted by molar-refractivity contribution is 8.00. The van der Waals surface area contributed by atoms with E-state index in [-0.39, 0.29) is 23.5 Å². The Morgan fingerprint density at radius 1 is 1.14 bits per heavy atom. The minimum atomic E-state index is -0.418. The van der Waals surface area contributed by atoms with Crippen LogP contribution in [0.25, 0.3) is 10.9 Å². The maximum absolute atomic E-state index is 13.1. The maximum Gasteiger partial charge on any atom is 0.252 e. The zero-order chi connectivity index (χ0) is 19.7. The minimum absolute atomic E-state index is 0.107. The first kappa shape index (κ1) is 18.6. The number of thioether (sulfide) groups is 1. The first-order chi connectivity index (χ1) is 13.5. The molecular weight excluding hydrogens is 375 g/mol. The third-order valence-corrected chi connectivity index (χ3v) is 5.66. The maximum atomic E-state index is 13.1. The summed E-state index contributed by atoms with van der Waals surface area (Å²) in [4.78, 5) is 29.9. The van der Waals surface area contributed by atoms with Gasteiger partial charge in [-0.3, -0.25) is 9.59 Å². The van der Waals surface area contributed by atoms with Gasteiger partial charge >= 0.3 is 0 Å². The van der Waals surface area contributed by atoms with Gasteiger partial charge in [-0.2, -0.15) is 0 Å². The molecule has 1 aliphatic rings. The molecular formula is C22H19FN2O2S. The molecule has 1 aromatic heterocycles. The molecule has 6 heteroatoms. The van der Waals surface area contributed by atoms with Crippen LogP contribution in [0.15, 0.2) is 59.6 Å². The second-order valence-electron chi connectivity index (χ2n) is 6.90. The monoisotopic (exact) mass is 394 g/mol. The molecule has 1 unspecified atom stereocenters. The van der Waals surface area contributed by atoms with E-state index in [9.17, 15) is 14.0 Å². The summed E-state index contributed by atoms with van der Waals surface area (Å²) in [5.74, 6) is -0.594. The van der Waals surface area contributed by atoms with Crippen LogP contribution in [0.2, 0.25) is 0 Å². The SMILES string of the molecule is CC(Sc1cc(C(=O)NC2CC2)c2ccccc2n1)C(=O)c1ccc(F)cc1. The Balaban J connectivity index is 1.61. The number of ketones is 1. The standard InChI is InChI=1S/C22H19FN2O2S/c1-13(21(26)14-6-8-15(23)9-7-14)28-20-12-18(22(27)24-16-10-11-16)17-4-2-3-5-19(17)25-20/h2-9,12-13,16H,10-11H2,1H3,(H,24,27). The molecule has 1 N–H and O–H groups in total. The van der Waals surface area contributed by atoms with Crippen molar-refractivity contribution in [3.63, 3.8) is 0 Å². The number of nitrogens with zero attached hydrogens (tertiary/aromatic N) is 1. The number of pyridine rings is 1. The predicted octanol–water partition coefficient (Wildman–Crippen LogP) is 4.63. The molecule has 1 saturated carbocycles. The lowest BCUT2D eigenvalue weighted by Crippen LogP contribution is -2.25. The van der Waals surface area contributed by atoms with Crippen molar-refractivity contribution < 1.29 is 14.0 Å². The van der Waals surface area contributed by atoms with Crippen LogP contribution in [0.4, 0.5) is 4.39 Å². The zero-order valence-electron chi connectivity index (χ0n) is 15.3. The summed E-state index contributed by atoms with van der Waals surface area (Å²) < 4.78 is 13.1. The summed E-state index contributed by atoms with van der Waals surface area (Å²) in [6.45, 7) is 1.79. The zero-order valence-corrected chi connectivity index (χ0v) is 16.1. The van der Waals surface area contributed by atoms with E-state index < -0.39 is 5.25 Å². The van der Waals surface area contributed by atoms with Crippen molar-refractivity contribution in [1.82, 2.24) is 10.3 Å². The normalized spacial score (nSPS) is 14.6. The second-order valence-corrected chi connectivity index (χ2v) is 8.27. The number of rotatable bonds is 6. The third kappa shape index (κ3) is 4.07. The number of nitrogens with one attached hydrogen (secondary N) is 1. The highest BCUT2D eigenvalue weighted by atomic mass is 32.2. The van der Waals surface area contributed by atoms with E-state index in [2.05, 4.69) is 10.3 Å². The van der Waals surface area contributed by atoms with E-state index in [4.69, 9.17) is 0 Å². The Kier molecular flexibility index (Phi) is 5.13. The average molecular weight is 394 g/mol. The topological polar surface area (TPSA) is 59.1 Å². The molecule has 28 heavy (non-hydrogen) atoms. The van der Waals surface area contributed by atoms with Crippen molar-refractivity contribution in [3.8, 4) is 0 Å². The summed E-state index contributed by atoms with van der Waals surface area (Å²) in [7, 11) is 0. The highest BCUT2D eigenvalue weighted by Gasteiger charge is 2.25. The number of carbonyl (C=O) groups excluding carboxylic acids is 2. The van der Waals surface area contributed by atoms with Crippen LogP contribution < -0.4 is 5.32 Å². The number of aromatic nitrogens is 1. The van der Waals surface area contributed by atoms with Gasteiger partial charge in [-0.15, -0.1) is 0 Å². The number of amides is 1. The highest BCUT2D eigenvalue weighted by Crippen LogP contribution is 2.29. The minimum Gasteiger partial charge on any atom is -0.349 e. The molecule has 1 heterocycles. The summed E-state index contributed by atoms with van der Waals surface area (Å²) in [6, 6.07) is 15.0. The van der Waals surface area contributed by atoms with Gasteiger partial charge in [0, 0.05) is 17.0 Å². The summed E-state index contributed by atoms with van der Waals surface area (Å²) in [5, 5.41) is 4.01. The molecule has 1 amide bonds. The van der Waals surface area contributed by atoms with Gasteiger partial charge in [0.15, 0.2) is 5.78 Å². The van der Waals surface area contributed by atoms with Crippen LogP contribution in [0, 0.1) is 5.82 Å². The van der Waals surface area contributed by atoms with Gasteiger partial charge in [0.1, 0.15) is 5.82 Å². The Bertz CT molecular complexity index is 1050. The van der Waals surface area contributed by atoms with Crippen molar-refractivity contribution in [2.24, 2.45) is 0 Å². The number of benzene rings is 2. The van der Waals surface area contributed by atoms with Gasteiger partial charge in [-0.1, -0.05) is 30.0 Å². The smallest absolute Gasteiger partial charge is 0.252 e. The summed E-state index contributed by atoms with van der Waals surface area (Å²) >= 11 is 1.30. The van der Waals surface area contributed by atoms with E-state index in [1.54, 1.807) is 13.0 Å². The van der Waals surface area contributed by atoms with Crippen LogP contribution >= 0.6 is 11.8 Å². The second kappa shape index (κ2) is 7.72. The molecule has 0 spiro atoms. The van der Waals surface area contributed by atoms with Crippen molar-refractivity contribution in [3.05, 3.63) is 71.5 Å². The van der Waals surface area contributed by atoms with Gasteiger partial charge in [0.25, 0.3) is 5.91 Å². The third-order valence-electron chi connectivity index (χ3n) is 4.65. The van der Waals surface area contributed by atoms with E-state index in [1.807, 2.05) is 24.3 Å². The average Bonchev–Trinajstić information content (AvgIpc) is 3.51. The Labute approximate surface area is 166 Å². The largest absolute Gasteiger partial charge is 0.349 e. The summed E-state index contributed by atoms with van der Waals surface area (Å²) in [6.07, 6.45) is 2.03. The summed E-state index contributed by atoms with van der Waals surface area (Å²) in [5.41, 5.74) is 1.74. The number of halogens is 1. The number of fused-ring (bicyclic) bond motifs is 1. The first-order valence-electron chi connectivity index (χ1n) is 9.18. The fourth-order valence-electron chi connectivity index (χ4n) is 2.97. The first-order valence-corrected chi connectivity index (χ1v) is 10.1. The van der Waals surface area contributed by atoms with E-state index >= 15 is 0 Å². The Morgan fingerprint density at radius 3 is 2.57 bits per heavy atom. The Hall–Kier alpha value is -2.73. The number of para-hydroxylation sites is 1. The van der Waals surface area contributed by atoms with E-state index in [0.29, 0.717) is 16.2 Å². The molecule has 2 aromatic carbocycles. The molecule has 1 atom stereocenters. The lowest BCUT2D eigenvalue weighted by atomic mass is 10.1. The Morgan fingerprint density at radius 2 is 1.86 bits per heavy atom. The van der Waals surface area contributed by atoms with Crippen LogP contribution in [0.5, 0.6) is 0 Å². The number of hydrogen-bond donors (Lipinski definition) is 1. The molecule has 1 aliphatic carbocycles. The van der Waals surface area contributed by atoms with Gasteiger partial charge in [-0.25, -0.2) is 9.37 Å². The molecule has 0 bridgehead atoms. The van der Waals surface area contributed by atoms with Gasteiger partial charge in [-0.05, 0) is 56.2 Å². The molecule has 0 saturated heterocycles. The molecule has 142 valence electrons. The van der Waals surface area contributed by atoms with E-state index in [1.165, 1.54) is 36.0 Å². The molecule has 4 nitrogen and oxygen atoms in total. The fourth-order valence-corrected chi connectivity index (χ4v) is 3.92. The van der Waals surface area contributed by atoms with Crippen LogP contribution in [-0.2, 0) is 0 Å². The van der Waals surface area contributed by atoms with Crippen LogP contribution in [0.1, 0.15) is 40.5 Å². The molecule has 3 aromatic rings. The quantitative estimate of drug-likeness (QED) is 0.489. The van der Waals surface area contributed by atoms with Gasteiger partial charge in [0.05, 0.1) is 21.4 Å². The van der Waals surface area contributed by atoms with Crippen molar-refractivity contribution in [1.29, 1.82) is 0 Å².